The zero-order valence-corrected chi connectivity index (χ0v) is 16.4. The van der Waals surface area contributed by atoms with Crippen LogP contribution in [0.4, 0.5) is 22.0 Å². The van der Waals surface area contributed by atoms with Crippen molar-refractivity contribution in [3.8, 4) is 5.69 Å². The first kappa shape index (κ1) is 21.4. The molecule has 0 radical (unpaired) electrons. The van der Waals surface area contributed by atoms with E-state index in [2.05, 4.69) is 0 Å². The van der Waals surface area contributed by atoms with Gasteiger partial charge in [-0.3, -0.25) is 4.79 Å². The molecule has 3 rings (SSSR count). The number of halogens is 6. The Labute approximate surface area is 168 Å². The lowest BCUT2D eigenvalue weighted by molar-refractivity contribution is -0.143. The van der Waals surface area contributed by atoms with Gasteiger partial charge in [-0.05, 0) is 35.8 Å². The molecule has 0 N–H and O–H groups in total. The van der Waals surface area contributed by atoms with Gasteiger partial charge in [0.1, 0.15) is 10.8 Å². The second-order valence-electron chi connectivity index (χ2n) is 7.38. The lowest BCUT2D eigenvalue weighted by Crippen LogP contribution is -2.22. The molecule has 1 aliphatic carbocycles. The van der Waals surface area contributed by atoms with Gasteiger partial charge in [0.2, 0.25) is 0 Å². The number of methoxy groups -OCH3 is 1. The van der Waals surface area contributed by atoms with Gasteiger partial charge in [0, 0.05) is 23.4 Å². The zero-order chi connectivity index (χ0) is 21.8. The molecule has 1 aromatic heterocycles. The van der Waals surface area contributed by atoms with Gasteiger partial charge in [-0.1, -0.05) is 25.4 Å². The summed E-state index contributed by atoms with van der Waals surface area (Å²) in [7, 11) is 1.06. The van der Waals surface area contributed by atoms with Crippen LogP contribution in [-0.2, 0) is 14.9 Å². The van der Waals surface area contributed by atoms with Crippen molar-refractivity contribution in [3.05, 3.63) is 65.0 Å². The maximum Gasteiger partial charge on any atom is 0.426 e. The molecule has 1 aliphatic rings. The Bertz CT molecular complexity index is 981. The van der Waals surface area contributed by atoms with Crippen molar-refractivity contribution in [3.63, 3.8) is 0 Å². The Kier molecular flexibility index (Phi) is 5.06. The minimum absolute atomic E-state index is 0.0754. The quantitative estimate of drug-likeness (QED) is 0.470. The normalized spacial score (nSPS) is 23.8. The van der Waals surface area contributed by atoms with Crippen LogP contribution < -0.4 is 0 Å². The molecule has 2 unspecified atom stereocenters. The summed E-state index contributed by atoms with van der Waals surface area (Å²) in [5.74, 6) is -4.31. The maximum absolute atomic E-state index is 15.5. The molecule has 1 saturated carbocycles. The standard InChI is InChI=1S/C20H17ClF5NO2/c1-18(2)16(17(28)29-3)19(18,10-13(21)20(24,25)26)14-11(22)6-7-12(15(14)23)27-8-4-5-9-27/h4-10,16H,1-3H3. The Balaban J connectivity index is 2.33. The molecule has 156 valence electrons. The van der Waals surface area contributed by atoms with Gasteiger partial charge in [0.05, 0.1) is 18.7 Å². The number of esters is 1. The lowest BCUT2D eigenvalue weighted by Gasteiger charge is -2.22. The van der Waals surface area contributed by atoms with E-state index in [1.165, 1.54) is 36.9 Å². The number of hydrogen-bond acceptors (Lipinski definition) is 2. The Morgan fingerprint density at radius 1 is 1.21 bits per heavy atom. The van der Waals surface area contributed by atoms with E-state index in [4.69, 9.17) is 16.3 Å². The fourth-order valence-corrected chi connectivity index (χ4v) is 4.27. The van der Waals surface area contributed by atoms with E-state index in [0.29, 0.717) is 6.08 Å². The number of nitrogens with zero attached hydrogens (tertiary/aromatic N) is 1. The molecule has 1 heterocycles. The van der Waals surface area contributed by atoms with E-state index in [-0.39, 0.29) is 5.69 Å². The number of ether oxygens (including phenoxy) is 1. The van der Waals surface area contributed by atoms with Crippen LogP contribution in [0.5, 0.6) is 0 Å². The van der Waals surface area contributed by atoms with Gasteiger partial charge in [0.25, 0.3) is 0 Å². The highest BCUT2D eigenvalue weighted by Gasteiger charge is 2.76. The van der Waals surface area contributed by atoms with Gasteiger partial charge in [0.15, 0.2) is 5.82 Å². The number of rotatable bonds is 4. The molecule has 2 atom stereocenters. The average molecular weight is 434 g/mol. The maximum atomic E-state index is 15.5. The predicted molar refractivity (Wildman–Crippen MR) is 96.6 cm³/mol. The molecule has 1 fully saturated rings. The summed E-state index contributed by atoms with van der Waals surface area (Å²) in [6, 6.07) is 5.33. The number of benzene rings is 1. The van der Waals surface area contributed by atoms with Gasteiger partial charge in [-0.15, -0.1) is 0 Å². The Morgan fingerprint density at radius 3 is 2.31 bits per heavy atom. The van der Waals surface area contributed by atoms with E-state index in [0.717, 1.165) is 13.2 Å². The third kappa shape index (κ3) is 3.13. The fraction of sp³-hybridized carbons (Fsp3) is 0.350. The van der Waals surface area contributed by atoms with Gasteiger partial charge in [-0.2, -0.15) is 13.2 Å². The Morgan fingerprint density at radius 2 is 1.79 bits per heavy atom. The zero-order valence-electron chi connectivity index (χ0n) is 15.7. The minimum Gasteiger partial charge on any atom is -0.469 e. The summed E-state index contributed by atoms with van der Waals surface area (Å²) >= 11 is 5.45. The van der Waals surface area contributed by atoms with Crippen molar-refractivity contribution >= 4 is 17.6 Å². The molecule has 0 amide bonds. The topological polar surface area (TPSA) is 31.2 Å². The molecular weight excluding hydrogens is 417 g/mol. The number of hydrogen-bond donors (Lipinski definition) is 0. The molecular formula is C20H17ClF5NO2. The molecule has 1 aromatic carbocycles. The minimum atomic E-state index is -4.95. The van der Waals surface area contributed by atoms with Crippen molar-refractivity contribution in [1.29, 1.82) is 0 Å². The van der Waals surface area contributed by atoms with Crippen LogP contribution in [0.1, 0.15) is 19.4 Å². The first-order valence-electron chi connectivity index (χ1n) is 8.54. The summed E-state index contributed by atoms with van der Waals surface area (Å²) in [5, 5.41) is -1.57. The van der Waals surface area contributed by atoms with Crippen LogP contribution >= 0.6 is 11.6 Å². The van der Waals surface area contributed by atoms with E-state index in [9.17, 15) is 22.4 Å². The van der Waals surface area contributed by atoms with Gasteiger partial charge in [-0.25, -0.2) is 8.78 Å². The third-order valence-electron chi connectivity index (χ3n) is 5.59. The number of carbonyl (C=O) groups excluding carboxylic acids is 1. The van der Waals surface area contributed by atoms with Gasteiger partial charge >= 0.3 is 12.1 Å². The molecule has 2 aromatic rings. The van der Waals surface area contributed by atoms with E-state index in [1.807, 2.05) is 0 Å². The fourth-order valence-electron chi connectivity index (χ4n) is 4.10. The first-order chi connectivity index (χ1) is 13.4. The van der Waals surface area contributed by atoms with Crippen molar-refractivity contribution in [2.24, 2.45) is 11.3 Å². The highest BCUT2D eigenvalue weighted by atomic mass is 35.5. The number of carbonyl (C=O) groups is 1. The highest BCUT2D eigenvalue weighted by Crippen LogP contribution is 2.72. The molecule has 9 heteroatoms. The first-order valence-corrected chi connectivity index (χ1v) is 8.92. The summed E-state index contributed by atoms with van der Waals surface area (Å²) in [6.45, 7) is 2.87. The number of alkyl halides is 3. The summed E-state index contributed by atoms with van der Waals surface area (Å²) in [5.41, 5.74) is -4.01. The van der Waals surface area contributed by atoms with Gasteiger partial charge < -0.3 is 9.30 Å². The van der Waals surface area contributed by atoms with E-state index in [1.54, 1.807) is 12.1 Å². The van der Waals surface area contributed by atoms with Crippen molar-refractivity contribution < 1.29 is 31.5 Å². The summed E-state index contributed by atoms with van der Waals surface area (Å²) < 4.78 is 76.0. The van der Waals surface area contributed by atoms with Crippen molar-refractivity contribution in [2.45, 2.75) is 25.4 Å². The summed E-state index contributed by atoms with van der Waals surface area (Å²) in [4.78, 5) is 12.3. The largest absolute Gasteiger partial charge is 0.469 e. The molecule has 29 heavy (non-hydrogen) atoms. The summed E-state index contributed by atoms with van der Waals surface area (Å²) in [6.07, 6.45) is -1.42. The van der Waals surface area contributed by atoms with Crippen LogP contribution in [0.2, 0.25) is 0 Å². The van der Waals surface area contributed by atoms with E-state index >= 15 is 4.39 Å². The highest BCUT2D eigenvalue weighted by molar-refractivity contribution is 6.30. The predicted octanol–water partition coefficient (Wildman–Crippen LogP) is 5.51. The average Bonchev–Trinajstić information content (AvgIpc) is 2.95. The van der Waals surface area contributed by atoms with Crippen molar-refractivity contribution in [1.82, 2.24) is 4.57 Å². The van der Waals surface area contributed by atoms with Crippen LogP contribution in [0.15, 0.2) is 47.8 Å². The number of allylic oxidation sites excluding steroid dienone is 2. The van der Waals surface area contributed by atoms with Crippen LogP contribution in [0.25, 0.3) is 5.69 Å². The molecule has 0 aliphatic heterocycles. The molecule has 3 nitrogen and oxygen atoms in total. The Hall–Kier alpha value is -2.35. The van der Waals surface area contributed by atoms with Crippen molar-refractivity contribution in [2.75, 3.05) is 7.11 Å². The van der Waals surface area contributed by atoms with Crippen LogP contribution in [0.3, 0.4) is 0 Å². The smallest absolute Gasteiger partial charge is 0.426 e. The van der Waals surface area contributed by atoms with Crippen LogP contribution in [0, 0.1) is 23.0 Å². The molecule has 0 saturated heterocycles. The SMILES string of the molecule is COC(=O)C1C(C)(C)C1(C=C(Cl)C(F)(F)F)c1c(F)ccc(-n2cccc2)c1F. The second-order valence-corrected chi connectivity index (χ2v) is 7.79. The second kappa shape index (κ2) is 6.86. The lowest BCUT2D eigenvalue weighted by atomic mass is 9.85. The third-order valence-corrected chi connectivity index (χ3v) is 5.91. The molecule has 0 bridgehead atoms. The molecule has 0 spiro atoms. The monoisotopic (exact) mass is 433 g/mol. The van der Waals surface area contributed by atoms with E-state index < -0.39 is 51.1 Å². The number of aromatic nitrogens is 1. The van der Waals surface area contributed by atoms with Crippen LogP contribution in [-0.4, -0.2) is 23.8 Å².